The van der Waals surface area contributed by atoms with Gasteiger partial charge in [-0.05, 0) is 49.6 Å². The van der Waals surface area contributed by atoms with E-state index in [1.165, 1.54) is 0 Å². The second-order valence-electron chi connectivity index (χ2n) is 7.24. The average molecular weight is 468 g/mol. The first-order chi connectivity index (χ1) is 14.6. The van der Waals surface area contributed by atoms with E-state index in [9.17, 15) is 19.5 Å². The van der Waals surface area contributed by atoms with Crippen LogP contribution in [0.25, 0.3) is 11.1 Å². The molecular weight excluding hydrogens is 445 g/mol. The van der Waals surface area contributed by atoms with Crippen molar-refractivity contribution in [3.8, 4) is 11.1 Å². The molecule has 0 saturated heterocycles. The highest BCUT2D eigenvalue weighted by Crippen LogP contribution is 2.30. The van der Waals surface area contributed by atoms with E-state index in [4.69, 9.17) is 33.0 Å². The maximum absolute atomic E-state index is 11.9. The Balaban J connectivity index is 2.17. The number of benzene rings is 2. The highest BCUT2D eigenvalue weighted by molar-refractivity contribution is 6.35. The van der Waals surface area contributed by atoms with Crippen molar-refractivity contribution >= 4 is 41.0 Å². The molecular formula is C22H23Cl2NO6. The second-order valence-corrected chi connectivity index (χ2v) is 8.08. The zero-order chi connectivity index (χ0) is 23.1. The van der Waals surface area contributed by atoms with Crippen LogP contribution in [0.3, 0.4) is 0 Å². The van der Waals surface area contributed by atoms with Crippen LogP contribution >= 0.6 is 23.2 Å². The van der Waals surface area contributed by atoms with Crippen LogP contribution in [0.2, 0.25) is 10.0 Å². The molecule has 0 bridgehead atoms. The number of amides is 1. The van der Waals surface area contributed by atoms with Crippen LogP contribution in [0.1, 0.15) is 25.8 Å². The van der Waals surface area contributed by atoms with Gasteiger partial charge in [-0.25, -0.2) is 9.59 Å². The summed E-state index contributed by atoms with van der Waals surface area (Å²) in [7, 11) is 0. The van der Waals surface area contributed by atoms with E-state index in [2.05, 4.69) is 5.32 Å². The summed E-state index contributed by atoms with van der Waals surface area (Å²) < 4.78 is 4.96. The average Bonchev–Trinajstić information content (AvgIpc) is 2.69. The number of carbonyl (C=O) groups is 3. The molecule has 2 rings (SSSR count). The normalized spacial score (nSPS) is 12.8. The summed E-state index contributed by atoms with van der Waals surface area (Å²) in [6.45, 7) is 3.28. The lowest BCUT2D eigenvalue weighted by atomic mass is 9.97. The summed E-state index contributed by atoms with van der Waals surface area (Å²) in [5.41, 5.74) is 2.33. The molecule has 0 aliphatic rings. The van der Waals surface area contributed by atoms with Crippen molar-refractivity contribution < 1.29 is 29.3 Å². The Morgan fingerprint density at radius 1 is 1.06 bits per heavy atom. The van der Waals surface area contributed by atoms with E-state index in [1.807, 2.05) is 12.1 Å². The summed E-state index contributed by atoms with van der Waals surface area (Å²) in [4.78, 5) is 34.5. The molecule has 0 spiro atoms. The van der Waals surface area contributed by atoms with Gasteiger partial charge in [0.25, 0.3) is 0 Å². The first kappa shape index (κ1) is 24.7. The molecule has 2 aromatic rings. The number of ether oxygens (including phenoxy) is 1. The number of carboxylic acid groups (broad SMARTS) is 1. The van der Waals surface area contributed by atoms with E-state index in [-0.39, 0.29) is 12.8 Å². The van der Waals surface area contributed by atoms with Crippen molar-refractivity contribution in [3.63, 3.8) is 0 Å². The van der Waals surface area contributed by atoms with Crippen molar-refractivity contribution in [2.24, 2.45) is 0 Å². The Labute approximate surface area is 189 Å². The Kier molecular flexibility index (Phi) is 8.86. The standard InChI is InChI=1S/C22H23Cl2NO6/c1-12(2)31-22(30)19(26)11-16(25-20(27)21(28)29)9-13-3-5-14(6-4-13)17-10-15(23)7-8-18(17)24/h3-8,10,12,16,19,26H,9,11H2,1-2H3,(H,25,27)(H,28,29)/t16-,19-/m1/s1. The fraction of sp³-hybridized carbons (Fsp3) is 0.318. The van der Waals surface area contributed by atoms with Crippen LogP contribution in [-0.4, -0.2) is 46.3 Å². The van der Waals surface area contributed by atoms with E-state index in [0.29, 0.717) is 10.0 Å². The Morgan fingerprint density at radius 3 is 2.29 bits per heavy atom. The Hall–Kier alpha value is -2.61. The number of carbonyl (C=O) groups excluding carboxylic acids is 2. The summed E-state index contributed by atoms with van der Waals surface area (Å²) in [6.07, 6.45) is -1.94. The van der Waals surface area contributed by atoms with Crippen LogP contribution < -0.4 is 5.32 Å². The fourth-order valence-corrected chi connectivity index (χ4v) is 3.34. The first-order valence-corrected chi connectivity index (χ1v) is 10.3. The molecule has 0 heterocycles. The zero-order valence-corrected chi connectivity index (χ0v) is 18.5. The maximum atomic E-state index is 11.9. The number of halogens is 2. The highest BCUT2D eigenvalue weighted by atomic mass is 35.5. The molecule has 0 radical (unpaired) electrons. The van der Waals surface area contributed by atoms with Crippen molar-refractivity contribution in [2.75, 3.05) is 0 Å². The number of hydrogen-bond acceptors (Lipinski definition) is 5. The predicted octanol–water partition coefficient (Wildman–Crippen LogP) is 3.47. The van der Waals surface area contributed by atoms with E-state index in [0.717, 1.165) is 16.7 Å². The fourth-order valence-electron chi connectivity index (χ4n) is 2.94. The number of esters is 1. The van der Waals surface area contributed by atoms with E-state index in [1.54, 1.807) is 44.2 Å². The van der Waals surface area contributed by atoms with Crippen LogP contribution in [0.5, 0.6) is 0 Å². The lowest BCUT2D eigenvalue weighted by Crippen LogP contribution is -2.43. The molecule has 2 aromatic carbocycles. The number of carboxylic acids is 1. The number of rotatable bonds is 8. The lowest BCUT2D eigenvalue weighted by Gasteiger charge is -2.21. The van der Waals surface area contributed by atoms with Crippen LogP contribution in [-0.2, 0) is 25.5 Å². The monoisotopic (exact) mass is 467 g/mol. The number of aliphatic hydroxyl groups excluding tert-OH is 1. The Morgan fingerprint density at radius 2 is 1.71 bits per heavy atom. The molecule has 0 aromatic heterocycles. The van der Waals surface area contributed by atoms with Crippen molar-refractivity contribution in [1.82, 2.24) is 5.32 Å². The van der Waals surface area contributed by atoms with Gasteiger partial charge in [0, 0.05) is 28.1 Å². The number of hydrogen-bond donors (Lipinski definition) is 3. The quantitative estimate of drug-likeness (QED) is 0.404. The third kappa shape index (κ3) is 7.54. The molecule has 1 amide bonds. The van der Waals surface area contributed by atoms with Gasteiger partial charge in [0.05, 0.1) is 6.10 Å². The van der Waals surface area contributed by atoms with Gasteiger partial charge in [-0.15, -0.1) is 0 Å². The van der Waals surface area contributed by atoms with Crippen LogP contribution in [0.4, 0.5) is 0 Å². The molecule has 31 heavy (non-hydrogen) atoms. The number of aliphatic hydroxyl groups is 1. The molecule has 7 nitrogen and oxygen atoms in total. The highest BCUT2D eigenvalue weighted by Gasteiger charge is 2.26. The van der Waals surface area contributed by atoms with Gasteiger partial charge in [0.2, 0.25) is 0 Å². The first-order valence-electron chi connectivity index (χ1n) is 9.53. The Bertz CT molecular complexity index is 946. The SMILES string of the molecule is CC(C)OC(=O)[C@H](O)C[C@@H](Cc1ccc(-c2cc(Cl)ccc2Cl)cc1)NC(=O)C(=O)O. The van der Waals surface area contributed by atoms with Gasteiger partial charge >= 0.3 is 17.8 Å². The van der Waals surface area contributed by atoms with Crippen LogP contribution in [0, 0.1) is 0 Å². The third-order valence-electron chi connectivity index (χ3n) is 4.34. The van der Waals surface area contributed by atoms with Crippen molar-refractivity contribution in [3.05, 3.63) is 58.1 Å². The van der Waals surface area contributed by atoms with Gasteiger partial charge in [-0.2, -0.15) is 0 Å². The topological polar surface area (TPSA) is 113 Å². The van der Waals surface area contributed by atoms with Gasteiger partial charge in [-0.1, -0.05) is 47.5 Å². The third-order valence-corrected chi connectivity index (χ3v) is 4.90. The largest absolute Gasteiger partial charge is 0.474 e. The smallest absolute Gasteiger partial charge is 0.394 e. The molecule has 0 unspecified atom stereocenters. The zero-order valence-electron chi connectivity index (χ0n) is 17.0. The second kappa shape index (κ2) is 11.1. The molecule has 0 aliphatic carbocycles. The molecule has 3 N–H and O–H groups in total. The minimum atomic E-state index is -1.66. The molecule has 0 saturated carbocycles. The summed E-state index contributed by atoms with van der Waals surface area (Å²) in [5.74, 6) is -3.72. The predicted molar refractivity (Wildman–Crippen MR) is 117 cm³/mol. The maximum Gasteiger partial charge on any atom is 0.394 e. The lowest BCUT2D eigenvalue weighted by molar-refractivity contribution is -0.158. The van der Waals surface area contributed by atoms with E-state index < -0.39 is 36.1 Å². The number of aliphatic carboxylic acids is 1. The minimum absolute atomic E-state index is 0.189. The van der Waals surface area contributed by atoms with Gasteiger partial charge < -0.3 is 20.3 Å². The summed E-state index contributed by atoms with van der Waals surface area (Å²) in [6, 6.07) is 11.5. The number of nitrogens with one attached hydrogen (secondary N) is 1. The van der Waals surface area contributed by atoms with Crippen molar-refractivity contribution in [1.29, 1.82) is 0 Å². The summed E-state index contributed by atoms with van der Waals surface area (Å²) >= 11 is 12.3. The molecule has 0 fully saturated rings. The minimum Gasteiger partial charge on any atom is -0.474 e. The van der Waals surface area contributed by atoms with Crippen molar-refractivity contribution in [2.45, 2.75) is 44.9 Å². The van der Waals surface area contributed by atoms with Crippen LogP contribution in [0.15, 0.2) is 42.5 Å². The van der Waals surface area contributed by atoms with Gasteiger partial charge in [-0.3, -0.25) is 4.79 Å². The molecule has 2 atom stereocenters. The molecule has 0 aliphatic heterocycles. The van der Waals surface area contributed by atoms with Gasteiger partial charge in [0.15, 0.2) is 6.10 Å². The van der Waals surface area contributed by atoms with Gasteiger partial charge in [0.1, 0.15) is 0 Å². The van der Waals surface area contributed by atoms with E-state index >= 15 is 0 Å². The summed E-state index contributed by atoms with van der Waals surface area (Å²) in [5, 5.41) is 22.4. The molecule has 166 valence electrons. The molecule has 9 heteroatoms.